The maximum Gasteiger partial charge on any atom is 0.261 e. The van der Waals surface area contributed by atoms with E-state index in [1.807, 2.05) is 0 Å². The summed E-state index contributed by atoms with van der Waals surface area (Å²) in [6, 6.07) is 10.3. The topological polar surface area (TPSA) is 80.3 Å². The van der Waals surface area contributed by atoms with Gasteiger partial charge in [0, 0.05) is 10.7 Å². The summed E-state index contributed by atoms with van der Waals surface area (Å²) < 4.78 is 50.8. The molecule has 0 radical (unpaired) electrons. The van der Waals surface area contributed by atoms with Gasteiger partial charge in [0.1, 0.15) is 0 Å². The molecule has 0 heterocycles. The van der Waals surface area contributed by atoms with Crippen molar-refractivity contribution in [1.29, 1.82) is 0 Å². The first-order valence-corrected chi connectivity index (χ1v) is 10.4. The maximum atomic E-state index is 12.3. The number of hydrogen-bond acceptors (Lipinski definition) is 4. The zero-order valence-electron chi connectivity index (χ0n) is 11.9. The van der Waals surface area contributed by atoms with E-state index >= 15 is 0 Å². The second-order valence-corrected chi connectivity index (χ2v) is 9.42. The lowest BCUT2D eigenvalue weighted by Gasteiger charge is -2.11. The Morgan fingerprint density at radius 1 is 0.909 bits per heavy atom. The van der Waals surface area contributed by atoms with Crippen molar-refractivity contribution < 1.29 is 16.8 Å². The van der Waals surface area contributed by atoms with Gasteiger partial charge in [-0.1, -0.05) is 15.9 Å². The van der Waals surface area contributed by atoms with Gasteiger partial charge in [0.2, 0.25) is 0 Å². The lowest BCUT2D eigenvalue weighted by atomic mass is 10.2. The Hall–Kier alpha value is -1.38. The van der Waals surface area contributed by atoms with Crippen molar-refractivity contribution in [3.05, 3.63) is 52.5 Å². The van der Waals surface area contributed by atoms with E-state index in [9.17, 15) is 16.8 Å². The molecule has 5 nitrogen and oxygen atoms in total. The molecule has 0 aliphatic rings. The van der Waals surface area contributed by atoms with Gasteiger partial charge in [-0.2, -0.15) is 0 Å². The van der Waals surface area contributed by atoms with Gasteiger partial charge < -0.3 is 0 Å². The summed E-state index contributed by atoms with van der Waals surface area (Å²) in [6.45, 7) is 1.79. The third-order valence-electron chi connectivity index (χ3n) is 2.99. The summed E-state index contributed by atoms with van der Waals surface area (Å²) >= 11 is 3.31. The van der Waals surface area contributed by atoms with Crippen LogP contribution < -0.4 is 4.72 Å². The zero-order valence-corrected chi connectivity index (χ0v) is 15.1. The van der Waals surface area contributed by atoms with Crippen molar-refractivity contribution in [3.8, 4) is 0 Å². The summed E-state index contributed by atoms with van der Waals surface area (Å²) in [7, 11) is -7.13. The van der Waals surface area contributed by atoms with Crippen molar-refractivity contribution in [1.82, 2.24) is 0 Å². The van der Waals surface area contributed by atoms with E-state index in [1.54, 1.807) is 25.1 Å². The fourth-order valence-electron chi connectivity index (χ4n) is 1.81. The second-order valence-electron chi connectivity index (χ2n) is 4.81. The Balaban J connectivity index is 2.34. The minimum Gasteiger partial charge on any atom is -0.279 e. The lowest BCUT2D eigenvalue weighted by Crippen LogP contribution is -2.14. The van der Waals surface area contributed by atoms with Crippen LogP contribution in [0.15, 0.2) is 56.7 Å². The lowest BCUT2D eigenvalue weighted by molar-refractivity contribution is 0.597. The number of hydrogen-bond donors (Lipinski definition) is 1. The molecular weight excluding hydrogens is 390 g/mol. The Morgan fingerprint density at radius 3 is 1.95 bits per heavy atom. The molecule has 8 heteroatoms. The molecule has 0 fully saturated rings. The zero-order chi connectivity index (χ0) is 16.5. The first-order valence-electron chi connectivity index (χ1n) is 6.19. The standard InChI is InChI=1S/C14H14BrNO4S2/c1-10-9-11(15)3-8-14(10)16-22(19,20)13-6-4-12(5-7-13)21(2,17)18/h3-9,16H,1-2H3. The van der Waals surface area contributed by atoms with Crippen LogP contribution in [0.25, 0.3) is 0 Å². The number of sulfone groups is 1. The van der Waals surface area contributed by atoms with Gasteiger partial charge in [-0.05, 0) is 55.0 Å². The number of rotatable bonds is 4. The fraction of sp³-hybridized carbons (Fsp3) is 0.143. The number of benzene rings is 2. The van der Waals surface area contributed by atoms with E-state index in [0.717, 1.165) is 16.3 Å². The average molecular weight is 404 g/mol. The number of anilines is 1. The summed E-state index contributed by atoms with van der Waals surface area (Å²) in [5, 5.41) is 0. The van der Waals surface area contributed by atoms with Crippen LogP contribution in [0.2, 0.25) is 0 Å². The second kappa shape index (κ2) is 6.02. The molecule has 118 valence electrons. The van der Waals surface area contributed by atoms with E-state index < -0.39 is 19.9 Å². The SMILES string of the molecule is Cc1cc(Br)ccc1NS(=O)(=O)c1ccc(S(C)(=O)=O)cc1. The molecule has 0 amide bonds. The summed E-state index contributed by atoms with van der Waals surface area (Å²) in [6.07, 6.45) is 1.07. The van der Waals surface area contributed by atoms with Gasteiger partial charge in [-0.25, -0.2) is 16.8 Å². The van der Waals surface area contributed by atoms with E-state index in [0.29, 0.717) is 5.69 Å². The molecule has 0 bridgehead atoms. The molecule has 0 unspecified atom stereocenters. The molecule has 0 atom stereocenters. The predicted octanol–water partition coefficient (Wildman–Crippen LogP) is 2.96. The Kier molecular flexibility index (Phi) is 4.65. The van der Waals surface area contributed by atoms with Gasteiger partial charge in [-0.3, -0.25) is 4.72 Å². The van der Waals surface area contributed by atoms with Crippen LogP contribution in [0.5, 0.6) is 0 Å². The highest BCUT2D eigenvalue weighted by molar-refractivity contribution is 9.10. The largest absolute Gasteiger partial charge is 0.279 e. The van der Waals surface area contributed by atoms with Crippen LogP contribution in [0.3, 0.4) is 0 Å². The van der Waals surface area contributed by atoms with Crippen LogP contribution in [0, 0.1) is 6.92 Å². The molecule has 1 N–H and O–H groups in total. The first-order chi connectivity index (χ1) is 10.1. The molecule has 0 saturated carbocycles. The molecule has 0 aliphatic heterocycles. The Labute approximate surface area is 138 Å². The van der Waals surface area contributed by atoms with E-state index in [2.05, 4.69) is 20.7 Å². The number of sulfonamides is 1. The summed E-state index contributed by atoms with van der Waals surface area (Å²) in [4.78, 5) is 0.0773. The van der Waals surface area contributed by atoms with Gasteiger partial charge in [0.15, 0.2) is 9.84 Å². The molecule has 2 aromatic rings. The first kappa shape index (κ1) is 17.0. The van der Waals surface area contributed by atoms with Crippen LogP contribution >= 0.6 is 15.9 Å². The average Bonchev–Trinajstić information content (AvgIpc) is 2.41. The van der Waals surface area contributed by atoms with Crippen LogP contribution in [-0.4, -0.2) is 23.1 Å². The van der Waals surface area contributed by atoms with Crippen molar-refractivity contribution in [3.63, 3.8) is 0 Å². The molecule has 0 aliphatic carbocycles. The summed E-state index contributed by atoms with van der Waals surface area (Å²) in [5.41, 5.74) is 1.24. The van der Waals surface area contributed by atoms with Crippen LogP contribution in [0.4, 0.5) is 5.69 Å². The highest BCUT2D eigenvalue weighted by atomic mass is 79.9. The van der Waals surface area contributed by atoms with Gasteiger partial charge in [-0.15, -0.1) is 0 Å². The number of aryl methyl sites for hydroxylation is 1. The van der Waals surface area contributed by atoms with E-state index in [1.165, 1.54) is 24.3 Å². The molecule has 0 aromatic heterocycles. The van der Waals surface area contributed by atoms with Gasteiger partial charge >= 0.3 is 0 Å². The highest BCUT2D eigenvalue weighted by Crippen LogP contribution is 2.23. The minimum atomic E-state index is -3.77. The fourth-order valence-corrected chi connectivity index (χ4v) is 4.05. The Bertz CT molecular complexity index is 904. The quantitative estimate of drug-likeness (QED) is 0.850. The van der Waals surface area contributed by atoms with Crippen molar-refractivity contribution in [2.45, 2.75) is 16.7 Å². The van der Waals surface area contributed by atoms with E-state index in [-0.39, 0.29) is 9.79 Å². The Morgan fingerprint density at radius 2 is 1.45 bits per heavy atom. The van der Waals surface area contributed by atoms with Crippen molar-refractivity contribution >= 4 is 41.5 Å². The molecule has 2 aromatic carbocycles. The van der Waals surface area contributed by atoms with E-state index in [4.69, 9.17) is 0 Å². The monoisotopic (exact) mass is 403 g/mol. The normalized spacial score (nSPS) is 12.1. The molecule has 0 saturated heterocycles. The van der Waals surface area contributed by atoms with Gasteiger partial charge in [0.25, 0.3) is 10.0 Å². The molecule has 0 spiro atoms. The van der Waals surface area contributed by atoms with Crippen molar-refractivity contribution in [2.24, 2.45) is 0 Å². The number of nitrogens with one attached hydrogen (secondary N) is 1. The smallest absolute Gasteiger partial charge is 0.261 e. The summed E-state index contributed by atoms with van der Waals surface area (Å²) in [5.74, 6) is 0. The highest BCUT2D eigenvalue weighted by Gasteiger charge is 2.16. The maximum absolute atomic E-state index is 12.3. The molecule has 22 heavy (non-hydrogen) atoms. The number of halogens is 1. The predicted molar refractivity (Wildman–Crippen MR) is 89.2 cm³/mol. The minimum absolute atomic E-state index is 0.00205. The molecular formula is C14H14BrNO4S2. The third kappa shape index (κ3) is 3.88. The molecule has 2 rings (SSSR count). The van der Waals surface area contributed by atoms with Gasteiger partial charge in [0.05, 0.1) is 15.5 Å². The van der Waals surface area contributed by atoms with Crippen LogP contribution in [-0.2, 0) is 19.9 Å². The van der Waals surface area contributed by atoms with Crippen LogP contribution in [0.1, 0.15) is 5.56 Å². The van der Waals surface area contributed by atoms with Crippen molar-refractivity contribution in [2.75, 3.05) is 11.0 Å². The third-order valence-corrected chi connectivity index (χ3v) is 6.00.